The summed E-state index contributed by atoms with van der Waals surface area (Å²) in [6.45, 7) is 0. The first-order valence-electron chi connectivity index (χ1n) is 4.01. The number of benzene rings is 1. The van der Waals surface area contributed by atoms with Crippen LogP contribution in [0.25, 0.3) is 11.0 Å². The topological polar surface area (TPSA) is 36.9 Å². The van der Waals surface area contributed by atoms with Crippen LogP contribution in [0.2, 0.25) is 0 Å². The second-order valence-corrected chi connectivity index (χ2v) is 2.94. The summed E-state index contributed by atoms with van der Waals surface area (Å²) in [5.41, 5.74) is -0.871. The molecule has 0 amide bonds. The average molecular weight is 211 g/mol. The van der Waals surface area contributed by atoms with Crippen LogP contribution in [-0.4, -0.2) is 0 Å². The van der Waals surface area contributed by atoms with E-state index in [-0.39, 0.29) is 16.5 Å². The lowest BCUT2D eigenvalue weighted by atomic mass is 10.1. The van der Waals surface area contributed by atoms with E-state index in [0.29, 0.717) is 6.26 Å². The largest absolute Gasteiger partial charge is 0.464 e. The zero-order chi connectivity index (χ0) is 11.1. The van der Waals surface area contributed by atoms with Crippen LogP contribution in [0.3, 0.4) is 0 Å². The Bertz CT molecular complexity index is 548. The second-order valence-electron chi connectivity index (χ2n) is 2.94. The minimum Gasteiger partial charge on any atom is -0.464 e. The van der Waals surface area contributed by atoms with Gasteiger partial charge in [-0.15, -0.1) is 0 Å². The highest BCUT2D eigenvalue weighted by molar-refractivity contribution is 5.87. The molecular formula is C10H4F3NO. The summed E-state index contributed by atoms with van der Waals surface area (Å²) < 4.78 is 42.2. The minimum atomic E-state index is -4.50. The van der Waals surface area contributed by atoms with E-state index in [1.165, 1.54) is 18.2 Å². The number of nitrogens with zero attached hydrogens (tertiary/aromatic N) is 1. The third kappa shape index (κ3) is 1.44. The third-order valence-corrected chi connectivity index (χ3v) is 2.03. The summed E-state index contributed by atoms with van der Waals surface area (Å²) in [7, 11) is 0. The first kappa shape index (κ1) is 9.59. The van der Waals surface area contributed by atoms with Crippen molar-refractivity contribution < 1.29 is 17.6 Å². The first-order valence-corrected chi connectivity index (χ1v) is 4.01. The van der Waals surface area contributed by atoms with Crippen LogP contribution >= 0.6 is 0 Å². The molecule has 0 aliphatic heterocycles. The van der Waals surface area contributed by atoms with Gasteiger partial charge in [0.25, 0.3) is 0 Å². The van der Waals surface area contributed by atoms with E-state index in [1.807, 2.05) is 0 Å². The Morgan fingerprint density at radius 1 is 1.27 bits per heavy atom. The molecule has 0 radical (unpaired) electrons. The van der Waals surface area contributed by atoms with Crippen molar-refractivity contribution in [2.75, 3.05) is 0 Å². The van der Waals surface area contributed by atoms with Gasteiger partial charge < -0.3 is 4.42 Å². The van der Waals surface area contributed by atoms with E-state index in [2.05, 4.69) is 0 Å². The molecule has 5 heteroatoms. The molecule has 0 bridgehead atoms. The maximum Gasteiger partial charge on any atom is 0.420 e. The minimum absolute atomic E-state index is 0.0337. The van der Waals surface area contributed by atoms with Crippen LogP contribution in [0.1, 0.15) is 11.1 Å². The van der Waals surface area contributed by atoms with Crippen LogP contribution in [0.15, 0.2) is 28.9 Å². The normalized spacial score (nSPS) is 11.6. The van der Waals surface area contributed by atoms with Gasteiger partial charge in [-0.05, 0) is 12.1 Å². The Morgan fingerprint density at radius 3 is 2.60 bits per heavy atom. The third-order valence-electron chi connectivity index (χ3n) is 2.03. The number of halogens is 3. The lowest BCUT2D eigenvalue weighted by Gasteiger charge is -2.03. The van der Waals surface area contributed by atoms with Crippen molar-refractivity contribution in [1.82, 2.24) is 0 Å². The van der Waals surface area contributed by atoms with Crippen molar-refractivity contribution in [1.29, 1.82) is 5.26 Å². The van der Waals surface area contributed by atoms with Gasteiger partial charge in [-0.25, -0.2) is 0 Å². The predicted octanol–water partition coefficient (Wildman–Crippen LogP) is 3.32. The SMILES string of the molecule is N#Cc1cccc2occ(C(F)(F)F)c12. The molecule has 1 heterocycles. The van der Waals surface area contributed by atoms with E-state index < -0.39 is 11.7 Å². The number of rotatable bonds is 0. The molecular weight excluding hydrogens is 207 g/mol. The average Bonchev–Trinajstić information content (AvgIpc) is 2.59. The highest BCUT2D eigenvalue weighted by atomic mass is 19.4. The van der Waals surface area contributed by atoms with Crippen LogP contribution < -0.4 is 0 Å². The molecule has 0 fully saturated rings. The molecule has 2 nitrogen and oxygen atoms in total. The molecule has 15 heavy (non-hydrogen) atoms. The molecule has 1 aromatic heterocycles. The summed E-state index contributed by atoms with van der Waals surface area (Å²) in [5.74, 6) is 0. The van der Waals surface area contributed by atoms with E-state index in [4.69, 9.17) is 9.68 Å². The van der Waals surface area contributed by atoms with Gasteiger partial charge in [-0.1, -0.05) is 6.07 Å². The van der Waals surface area contributed by atoms with Crippen LogP contribution in [0, 0.1) is 11.3 Å². The Hall–Kier alpha value is -1.96. The molecule has 0 aliphatic carbocycles. The maximum atomic E-state index is 12.5. The highest BCUT2D eigenvalue weighted by Gasteiger charge is 2.35. The Balaban J connectivity index is 2.85. The van der Waals surface area contributed by atoms with Gasteiger partial charge in [0, 0.05) is 0 Å². The molecule has 0 N–H and O–H groups in total. The molecule has 0 atom stereocenters. The summed E-state index contributed by atoms with van der Waals surface area (Å²) >= 11 is 0. The van der Waals surface area contributed by atoms with Gasteiger partial charge in [0.05, 0.1) is 17.0 Å². The van der Waals surface area contributed by atoms with Gasteiger partial charge in [0.15, 0.2) is 0 Å². The molecule has 0 unspecified atom stereocenters. The van der Waals surface area contributed by atoms with Crippen molar-refractivity contribution >= 4 is 11.0 Å². The lowest BCUT2D eigenvalue weighted by molar-refractivity contribution is -0.136. The van der Waals surface area contributed by atoms with Crippen molar-refractivity contribution in [2.45, 2.75) is 6.18 Å². The Kier molecular flexibility index (Phi) is 1.93. The predicted molar refractivity (Wildman–Crippen MR) is 45.9 cm³/mol. The van der Waals surface area contributed by atoms with E-state index in [0.717, 1.165) is 0 Å². The molecule has 2 aromatic rings. The van der Waals surface area contributed by atoms with Gasteiger partial charge in [0.2, 0.25) is 0 Å². The zero-order valence-corrected chi connectivity index (χ0v) is 7.30. The quantitative estimate of drug-likeness (QED) is 0.670. The maximum absolute atomic E-state index is 12.5. The Labute approximate surface area is 82.5 Å². The molecule has 0 spiro atoms. The monoisotopic (exact) mass is 211 g/mol. The molecule has 76 valence electrons. The van der Waals surface area contributed by atoms with Crippen LogP contribution in [0.4, 0.5) is 13.2 Å². The first-order chi connectivity index (χ1) is 7.04. The number of hydrogen-bond acceptors (Lipinski definition) is 2. The molecule has 1 aromatic carbocycles. The summed E-state index contributed by atoms with van der Waals surface area (Å²) in [6, 6.07) is 5.91. The van der Waals surface area contributed by atoms with Crippen molar-refractivity contribution in [3.8, 4) is 6.07 Å². The zero-order valence-electron chi connectivity index (χ0n) is 7.30. The van der Waals surface area contributed by atoms with E-state index >= 15 is 0 Å². The van der Waals surface area contributed by atoms with E-state index in [9.17, 15) is 13.2 Å². The smallest absolute Gasteiger partial charge is 0.420 e. The fourth-order valence-corrected chi connectivity index (χ4v) is 1.39. The molecule has 0 saturated heterocycles. The number of furan rings is 1. The van der Waals surface area contributed by atoms with Gasteiger partial charge in [-0.3, -0.25) is 0 Å². The number of alkyl halides is 3. The molecule has 0 aliphatic rings. The van der Waals surface area contributed by atoms with Crippen molar-refractivity contribution in [3.63, 3.8) is 0 Å². The second kappa shape index (κ2) is 3.02. The summed E-state index contributed by atoms with van der Waals surface area (Å²) in [4.78, 5) is 0. The summed E-state index contributed by atoms with van der Waals surface area (Å²) in [5, 5.41) is 8.51. The number of hydrogen-bond donors (Lipinski definition) is 0. The van der Waals surface area contributed by atoms with Crippen LogP contribution in [0.5, 0.6) is 0 Å². The van der Waals surface area contributed by atoms with Crippen molar-refractivity contribution in [3.05, 3.63) is 35.6 Å². The van der Waals surface area contributed by atoms with Gasteiger partial charge in [-0.2, -0.15) is 18.4 Å². The van der Waals surface area contributed by atoms with E-state index in [1.54, 1.807) is 6.07 Å². The fourth-order valence-electron chi connectivity index (χ4n) is 1.39. The lowest BCUT2D eigenvalue weighted by Crippen LogP contribution is -2.03. The van der Waals surface area contributed by atoms with Crippen LogP contribution in [-0.2, 0) is 6.18 Å². The van der Waals surface area contributed by atoms with Gasteiger partial charge in [0.1, 0.15) is 17.4 Å². The van der Waals surface area contributed by atoms with Gasteiger partial charge >= 0.3 is 6.18 Å². The number of fused-ring (bicyclic) bond motifs is 1. The molecule has 2 rings (SSSR count). The Morgan fingerprint density at radius 2 is 2.00 bits per heavy atom. The summed E-state index contributed by atoms with van der Waals surface area (Å²) in [6.07, 6.45) is -3.87. The van der Waals surface area contributed by atoms with Crippen molar-refractivity contribution in [2.24, 2.45) is 0 Å². The highest BCUT2D eigenvalue weighted by Crippen LogP contribution is 2.37. The number of nitriles is 1. The molecule has 0 saturated carbocycles. The fraction of sp³-hybridized carbons (Fsp3) is 0.100. The standard InChI is InChI=1S/C10H4F3NO/c11-10(12,13)7-5-15-8-3-1-2-6(4-14)9(7)8/h1-3,5H.